The molecule has 0 radical (unpaired) electrons. The Morgan fingerprint density at radius 2 is 2.09 bits per heavy atom. The molecule has 8 nitrogen and oxygen atoms in total. The smallest absolute Gasteiger partial charge is 0.246 e. The quantitative estimate of drug-likeness (QED) is 0.323. The largest absolute Gasteiger partial charge is 0.475 e. The van der Waals surface area contributed by atoms with Crippen LogP contribution >= 0.6 is 0 Å². The summed E-state index contributed by atoms with van der Waals surface area (Å²) < 4.78 is 21.1. The summed E-state index contributed by atoms with van der Waals surface area (Å²) in [5.41, 5.74) is 6.61. The molecule has 1 aromatic heterocycles. The maximum atomic E-state index is 14.6. The molecule has 4 heterocycles. The van der Waals surface area contributed by atoms with Gasteiger partial charge in [0.25, 0.3) is 0 Å². The van der Waals surface area contributed by atoms with E-state index in [-0.39, 0.29) is 36.4 Å². The van der Waals surface area contributed by atoms with Gasteiger partial charge in [0, 0.05) is 38.0 Å². The minimum Gasteiger partial charge on any atom is -0.475 e. The number of carbonyl (C=O) groups excluding carboxylic acids is 1. The Morgan fingerprint density at radius 1 is 1.20 bits per heavy atom. The molecule has 8 rings (SSSR count). The van der Waals surface area contributed by atoms with Gasteiger partial charge in [-0.05, 0) is 78.5 Å². The van der Waals surface area contributed by atoms with E-state index in [1.165, 1.54) is 29.2 Å². The summed E-state index contributed by atoms with van der Waals surface area (Å²) >= 11 is 0. The molecule has 0 bridgehead atoms. The van der Waals surface area contributed by atoms with E-state index in [1.54, 1.807) is 4.90 Å². The lowest BCUT2D eigenvalue weighted by atomic mass is 9.93. The van der Waals surface area contributed by atoms with E-state index in [1.807, 2.05) is 0 Å². The zero-order chi connectivity index (χ0) is 31.6. The Morgan fingerprint density at radius 3 is 2.91 bits per heavy atom. The van der Waals surface area contributed by atoms with Crippen molar-refractivity contribution in [2.45, 2.75) is 62.2 Å². The predicted molar refractivity (Wildman–Crippen MR) is 173 cm³/mol. The third kappa shape index (κ3) is 4.63. The van der Waals surface area contributed by atoms with Gasteiger partial charge >= 0.3 is 0 Å². The molecule has 3 aromatic rings. The van der Waals surface area contributed by atoms with Crippen LogP contribution < -0.4 is 9.64 Å². The van der Waals surface area contributed by atoms with Crippen molar-refractivity contribution in [1.29, 1.82) is 10.5 Å². The Hall–Kier alpha value is -4.47. The Kier molecular flexibility index (Phi) is 6.99. The number of amides is 1. The van der Waals surface area contributed by atoms with E-state index in [0.717, 1.165) is 48.2 Å². The molecule has 2 aromatic carbocycles. The summed E-state index contributed by atoms with van der Waals surface area (Å²) in [7, 11) is 0. The highest BCUT2D eigenvalue weighted by Gasteiger charge is 2.50. The summed E-state index contributed by atoms with van der Waals surface area (Å²) in [6, 6.07) is 17.2. The van der Waals surface area contributed by atoms with Crippen LogP contribution in [0.15, 0.2) is 49.1 Å². The van der Waals surface area contributed by atoms with Crippen LogP contribution in [0.3, 0.4) is 0 Å². The fourth-order valence-electron chi connectivity index (χ4n) is 8.91. The minimum absolute atomic E-state index is 0.165. The van der Waals surface area contributed by atoms with Crippen molar-refractivity contribution in [3.63, 3.8) is 0 Å². The van der Waals surface area contributed by atoms with Crippen LogP contribution in [0, 0.1) is 28.6 Å². The zero-order valence-electron chi connectivity index (χ0n) is 25.9. The van der Waals surface area contributed by atoms with Crippen molar-refractivity contribution < 1.29 is 13.9 Å². The number of carbonyl (C=O) groups is 1. The first-order valence-corrected chi connectivity index (χ1v) is 16.5. The Labute approximate surface area is 268 Å². The van der Waals surface area contributed by atoms with Gasteiger partial charge in [0.1, 0.15) is 24.4 Å². The first-order chi connectivity index (χ1) is 22.4. The summed E-state index contributed by atoms with van der Waals surface area (Å²) in [5, 5.41) is 21.1. The third-order valence-corrected chi connectivity index (χ3v) is 11.1. The second kappa shape index (κ2) is 11.1. The number of nitrogens with zero attached hydrogens (tertiary/aromatic N) is 6. The highest BCUT2D eigenvalue weighted by Crippen LogP contribution is 2.58. The SMILES string of the molecule is C=CC(=O)N1CCN(c2c(C#N)c(OCC34CCCN3C[C@H](F)C4)nc3cc(-c4cccc5c4C4CC4C5)ccc23)C[C@@H]1CC#N. The van der Waals surface area contributed by atoms with Gasteiger partial charge in [-0.3, -0.25) is 9.69 Å². The van der Waals surface area contributed by atoms with E-state index in [4.69, 9.17) is 9.72 Å². The molecular weight excluding hydrogens is 579 g/mol. The van der Waals surface area contributed by atoms with Crippen molar-refractivity contribution in [3.05, 3.63) is 65.7 Å². The number of ether oxygens (including phenoxy) is 1. The number of rotatable bonds is 7. The molecule has 2 aliphatic carbocycles. The molecule has 0 spiro atoms. The number of nitriles is 2. The van der Waals surface area contributed by atoms with Gasteiger partial charge in [0.05, 0.1) is 35.3 Å². The molecule has 1 amide bonds. The average molecular weight is 617 g/mol. The van der Waals surface area contributed by atoms with Gasteiger partial charge in [-0.15, -0.1) is 0 Å². The van der Waals surface area contributed by atoms with Crippen molar-refractivity contribution in [3.8, 4) is 29.1 Å². The van der Waals surface area contributed by atoms with Crippen LogP contribution in [0.1, 0.15) is 54.7 Å². The third-order valence-electron chi connectivity index (χ3n) is 11.1. The van der Waals surface area contributed by atoms with Crippen molar-refractivity contribution in [2.24, 2.45) is 5.92 Å². The number of benzene rings is 2. The van der Waals surface area contributed by atoms with E-state index >= 15 is 0 Å². The van der Waals surface area contributed by atoms with E-state index in [9.17, 15) is 19.7 Å². The maximum absolute atomic E-state index is 14.6. The summed E-state index contributed by atoms with van der Waals surface area (Å²) in [6.45, 7) is 6.46. The maximum Gasteiger partial charge on any atom is 0.246 e. The molecule has 46 heavy (non-hydrogen) atoms. The van der Waals surface area contributed by atoms with Gasteiger partial charge in [-0.25, -0.2) is 9.37 Å². The molecule has 1 saturated carbocycles. The first-order valence-electron chi connectivity index (χ1n) is 16.5. The Balaban J connectivity index is 1.23. The second-order valence-electron chi connectivity index (χ2n) is 13.7. The molecule has 3 aliphatic heterocycles. The van der Waals surface area contributed by atoms with Crippen LogP contribution in [0.25, 0.3) is 22.0 Å². The predicted octanol–water partition coefficient (Wildman–Crippen LogP) is 5.51. The number of hydrogen-bond donors (Lipinski definition) is 0. The number of alkyl halides is 1. The van der Waals surface area contributed by atoms with E-state index in [0.29, 0.717) is 49.8 Å². The molecular formula is C37H37FN6O2. The van der Waals surface area contributed by atoms with Gasteiger partial charge in [0.15, 0.2) is 0 Å². The highest BCUT2D eigenvalue weighted by atomic mass is 19.1. The van der Waals surface area contributed by atoms with Crippen molar-refractivity contribution in [2.75, 3.05) is 44.2 Å². The standard InChI is InChI=1S/C37H37FN6O2/c1-2-33(45)44-14-13-42(21-27(44)9-11-39)35-29-8-7-23(28-6-3-5-24-15-25-16-30(25)34(24)28)17-32(29)41-36(31(35)19-40)46-22-37-10-4-12-43(37)20-26(38)18-37/h2-3,5-8,17,25-27,30H,1,4,9-10,12-16,18,20-22H2/t25?,26-,27+,30?,37?/m1/s1. The summed E-state index contributed by atoms with van der Waals surface area (Å²) in [4.78, 5) is 23.7. The van der Waals surface area contributed by atoms with Crippen molar-refractivity contribution >= 4 is 22.5 Å². The van der Waals surface area contributed by atoms with Crippen LogP contribution in [-0.4, -0.2) is 77.8 Å². The van der Waals surface area contributed by atoms with E-state index < -0.39 is 6.17 Å². The average Bonchev–Trinajstić information content (AvgIpc) is 3.39. The van der Waals surface area contributed by atoms with Crippen LogP contribution in [0.2, 0.25) is 0 Å². The minimum atomic E-state index is -0.882. The number of pyridine rings is 1. The molecule has 5 aliphatic rings. The highest BCUT2D eigenvalue weighted by molar-refractivity contribution is 5.98. The van der Waals surface area contributed by atoms with Gasteiger partial charge < -0.3 is 14.5 Å². The topological polar surface area (TPSA) is 96.5 Å². The number of aromatic nitrogens is 1. The lowest BCUT2D eigenvalue weighted by molar-refractivity contribution is -0.128. The fourth-order valence-corrected chi connectivity index (χ4v) is 8.91. The van der Waals surface area contributed by atoms with Crippen LogP contribution in [0.5, 0.6) is 5.88 Å². The monoisotopic (exact) mass is 616 g/mol. The normalized spacial score (nSPS) is 27.9. The number of piperazine rings is 1. The Bertz CT molecular complexity index is 1850. The lowest BCUT2D eigenvalue weighted by Gasteiger charge is -2.42. The fraction of sp³-hybridized carbons (Fsp3) is 0.459. The number of hydrogen-bond acceptors (Lipinski definition) is 7. The van der Waals surface area contributed by atoms with Crippen molar-refractivity contribution in [1.82, 2.24) is 14.8 Å². The van der Waals surface area contributed by atoms with Gasteiger partial charge in [-0.2, -0.15) is 10.5 Å². The molecule has 3 saturated heterocycles. The van der Waals surface area contributed by atoms with Gasteiger partial charge in [-0.1, -0.05) is 36.9 Å². The molecule has 0 N–H and O–H groups in total. The zero-order valence-corrected chi connectivity index (χ0v) is 25.9. The summed E-state index contributed by atoms with van der Waals surface area (Å²) in [5.74, 6) is 1.45. The van der Waals surface area contributed by atoms with E-state index in [2.05, 4.69) is 64.9 Å². The lowest BCUT2D eigenvalue weighted by Crippen LogP contribution is -2.55. The number of halogens is 1. The molecule has 4 fully saturated rings. The molecule has 3 unspecified atom stereocenters. The summed E-state index contributed by atoms with van der Waals surface area (Å²) in [6.07, 6.45) is 5.26. The second-order valence-corrected chi connectivity index (χ2v) is 13.7. The molecule has 234 valence electrons. The molecule has 9 heteroatoms. The first kappa shape index (κ1) is 29.0. The van der Waals surface area contributed by atoms with Crippen LogP contribution in [-0.2, 0) is 11.2 Å². The molecule has 5 atom stereocenters. The van der Waals surface area contributed by atoms with Crippen LogP contribution in [0.4, 0.5) is 10.1 Å². The number of fused-ring (bicyclic) bond motifs is 5. The number of anilines is 1. The van der Waals surface area contributed by atoms with Gasteiger partial charge in [0.2, 0.25) is 11.8 Å².